The normalized spacial score (nSPS) is 10.0. The lowest BCUT2D eigenvalue weighted by molar-refractivity contribution is -0.120. The van der Waals surface area contributed by atoms with Gasteiger partial charge >= 0.3 is 0 Å². The van der Waals surface area contributed by atoms with Crippen molar-refractivity contribution >= 4 is 17.5 Å². The highest BCUT2D eigenvalue weighted by atomic mass is 16.2. The molecule has 0 fully saturated rings. The summed E-state index contributed by atoms with van der Waals surface area (Å²) in [7, 11) is 0. The summed E-state index contributed by atoms with van der Waals surface area (Å²) in [6.07, 6.45) is 2.28. The molecule has 21 heavy (non-hydrogen) atoms. The monoisotopic (exact) mass is 291 g/mol. The van der Waals surface area contributed by atoms with E-state index in [-0.39, 0.29) is 11.8 Å². The third-order valence-electron chi connectivity index (χ3n) is 2.94. The highest BCUT2D eigenvalue weighted by Gasteiger charge is 2.06. The predicted octanol–water partition coefficient (Wildman–Crippen LogP) is 2.15. The molecule has 1 rings (SSSR count). The van der Waals surface area contributed by atoms with Crippen molar-refractivity contribution in [3.8, 4) is 0 Å². The Morgan fingerprint density at radius 1 is 0.905 bits per heavy atom. The van der Waals surface area contributed by atoms with Crippen LogP contribution >= 0.6 is 0 Å². The molecule has 0 bridgehead atoms. The molecule has 5 nitrogen and oxygen atoms in total. The Hall–Kier alpha value is -2.04. The van der Waals surface area contributed by atoms with Crippen molar-refractivity contribution in [2.45, 2.75) is 33.1 Å². The summed E-state index contributed by atoms with van der Waals surface area (Å²) in [6.45, 7) is 6.05. The Balaban J connectivity index is 2.33. The van der Waals surface area contributed by atoms with E-state index in [4.69, 9.17) is 0 Å². The molecule has 0 unspecified atom stereocenters. The van der Waals surface area contributed by atoms with Crippen molar-refractivity contribution in [3.05, 3.63) is 29.8 Å². The van der Waals surface area contributed by atoms with Crippen LogP contribution in [0.4, 0.5) is 5.69 Å². The molecule has 0 heterocycles. The van der Waals surface area contributed by atoms with Crippen molar-refractivity contribution in [2.24, 2.45) is 0 Å². The van der Waals surface area contributed by atoms with Crippen molar-refractivity contribution in [3.63, 3.8) is 0 Å². The Kier molecular flexibility index (Phi) is 7.94. The van der Waals surface area contributed by atoms with Gasteiger partial charge in [-0.1, -0.05) is 13.8 Å². The van der Waals surface area contributed by atoms with Crippen LogP contribution in [0.15, 0.2) is 24.3 Å². The Bertz CT molecular complexity index is 443. The van der Waals surface area contributed by atoms with Crippen molar-refractivity contribution in [1.29, 1.82) is 0 Å². The first-order chi connectivity index (χ1) is 10.2. The van der Waals surface area contributed by atoms with Crippen LogP contribution in [-0.2, 0) is 4.79 Å². The van der Waals surface area contributed by atoms with Crippen LogP contribution in [0.5, 0.6) is 0 Å². The quantitative estimate of drug-likeness (QED) is 0.653. The molecule has 0 aliphatic heterocycles. The molecule has 2 amide bonds. The molecule has 0 saturated heterocycles. The Morgan fingerprint density at radius 3 is 2.19 bits per heavy atom. The summed E-state index contributed by atoms with van der Waals surface area (Å²) in [5.41, 5.74) is 1.61. The number of carbonyl (C=O) groups excluding carboxylic acids is 2. The van der Waals surface area contributed by atoms with Gasteiger partial charge in [-0.05, 0) is 37.1 Å². The van der Waals surface area contributed by atoms with Crippen LogP contribution in [0.1, 0.15) is 43.5 Å². The molecule has 0 aliphatic carbocycles. The fraction of sp³-hybridized carbons (Fsp3) is 0.500. The summed E-state index contributed by atoms with van der Waals surface area (Å²) in [4.78, 5) is 23.3. The minimum absolute atomic E-state index is 0.0312. The number of benzene rings is 1. The van der Waals surface area contributed by atoms with Crippen LogP contribution < -0.4 is 16.0 Å². The number of amides is 2. The molecule has 0 saturated carbocycles. The SMILES string of the molecule is CCCNC(=O)CCNC(=O)c1ccc(NCCC)cc1. The lowest BCUT2D eigenvalue weighted by Gasteiger charge is -2.08. The smallest absolute Gasteiger partial charge is 0.251 e. The predicted molar refractivity (Wildman–Crippen MR) is 85.5 cm³/mol. The topological polar surface area (TPSA) is 70.2 Å². The van der Waals surface area contributed by atoms with E-state index >= 15 is 0 Å². The largest absolute Gasteiger partial charge is 0.385 e. The number of carbonyl (C=O) groups is 2. The van der Waals surface area contributed by atoms with Gasteiger partial charge in [-0.2, -0.15) is 0 Å². The van der Waals surface area contributed by atoms with Gasteiger partial charge in [-0.25, -0.2) is 0 Å². The third kappa shape index (κ3) is 6.79. The highest BCUT2D eigenvalue weighted by molar-refractivity contribution is 5.94. The van der Waals surface area contributed by atoms with Crippen LogP contribution in [0, 0.1) is 0 Å². The molecule has 0 spiro atoms. The lowest BCUT2D eigenvalue weighted by Crippen LogP contribution is -2.31. The minimum atomic E-state index is -0.152. The molecule has 0 radical (unpaired) electrons. The van der Waals surface area contributed by atoms with E-state index in [0.29, 0.717) is 25.1 Å². The molecule has 0 aromatic heterocycles. The molecule has 116 valence electrons. The van der Waals surface area contributed by atoms with Gasteiger partial charge in [0.2, 0.25) is 5.91 Å². The zero-order valence-corrected chi connectivity index (χ0v) is 12.9. The number of hydrogen-bond acceptors (Lipinski definition) is 3. The summed E-state index contributed by atoms with van der Waals surface area (Å²) >= 11 is 0. The summed E-state index contributed by atoms with van der Waals surface area (Å²) in [5, 5.41) is 8.78. The number of anilines is 1. The van der Waals surface area contributed by atoms with Crippen molar-refractivity contribution < 1.29 is 9.59 Å². The zero-order valence-electron chi connectivity index (χ0n) is 12.9. The fourth-order valence-electron chi connectivity index (χ4n) is 1.75. The minimum Gasteiger partial charge on any atom is -0.385 e. The first kappa shape index (κ1) is 17.0. The number of rotatable bonds is 9. The average molecular weight is 291 g/mol. The van der Waals surface area contributed by atoms with Crippen molar-refractivity contribution in [2.75, 3.05) is 25.0 Å². The van der Waals surface area contributed by atoms with E-state index in [1.165, 1.54) is 0 Å². The van der Waals surface area contributed by atoms with Crippen LogP contribution in [0.3, 0.4) is 0 Å². The average Bonchev–Trinajstić information content (AvgIpc) is 2.51. The van der Waals surface area contributed by atoms with Gasteiger partial charge in [-0.15, -0.1) is 0 Å². The Morgan fingerprint density at radius 2 is 1.57 bits per heavy atom. The molecule has 0 atom stereocenters. The maximum Gasteiger partial charge on any atom is 0.251 e. The maximum atomic E-state index is 11.9. The highest BCUT2D eigenvalue weighted by Crippen LogP contribution is 2.09. The second kappa shape index (κ2) is 9.80. The fourth-order valence-corrected chi connectivity index (χ4v) is 1.75. The van der Waals surface area contributed by atoms with Crippen LogP contribution in [0.25, 0.3) is 0 Å². The molecule has 0 aliphatic rings. The van der Waals surface area contributed by atoms with Gasteiger partial charge in [0.25, 0.3) is 5.91 Å². The van der Waals surface area contributed by atoms with Gasteiger partial charge in [0.15, 0.2) is 0 Å². The van der Waals surface area contributed by atoms with Gasteiger partial charge in [0.1, 0.15) is 0 Å². The van der Waals surface area contributed by atoms with E-state index in [1.807, 2.05) is 19.1 Å². The molecule has 5 heteroatoms. The van der Waals surface area contributed by atoms with E-state index in [0.717, 1.165) is 25.1 Å². The van der Waals surface area contributed by atoms with Gasteiger partial charge in [0.05, 0.1) is 0 Å². The number of hydrogen-bond donors (Lipinski definition) is 3. The van der Waals surface area contributed by atoms with E-state index in [1.54, 1.807) is 12.1 Å². The summed E-state index contributed by atoms with van der Waals surface area (Å²) in [5.74, 6) is -0.184. The third-order valence-corrected chi connectivity index (χ3v) is 2.94. The summed E-state index contributed by atoms with van der Waals surface area (Å²) < 4.78 is 0. The molecular weight excluding hydrogens is 266 g/mol. The first-order valence-electron chi connectivity index (χ1n) is 7.56. The molecule has 3 N–H and O–H groups in total. The van der Waals surface area contributed by atoms with Crippen LogP contribution in [0.2, 0.25) is 0 Å². The van der Waals surface area contributed by atoms with E-state index in [2.05, 4.69) is 22.9 Å². The van der Waals surface area contributed by atoms with Crippen LogP contribution in [-0.4, -0.2) is 31.4 Å². The van der Waals surface area contributed by atoms with Gasteiger partial charge in [-0.3, -0.25) is 9.59 Å². The standard InChI is InChI=1S/C16H25N3O2/c1-3-10-17-14-7-5-13(6-8-14)16(21)19-12-9-15(20)18-11-4-2/h5-8,17H,3-4,9-12H2,1-2H3,(H,18,20)(H,19,21). The molecular formula is C16H25N3O2. The van der Waals surface area contributed by atoms with Gasteiger partial charge in [0, 0.05) is 37.3 Å². The summed E-state index contributed by atoms with van der Waals surface area (Å²) in [6, 6.07) is 7.34. The zero-order chi connectivity index (χ0) is 15.5. The van der Waals surface area contributed by atoms with E-state index in [9.17, 15) is 9.59 Å². The van der Waals surface area contributed by atoms with E-state index < -0.39 is 0 Å². The first-order valence-corrected chi connectivity index (χ1v) is 7.56. The molecule has 1 aromatic carbocycles. The number of nitrogens with one attached hydrogen (secondary N) is 3. The molecule has 1 aromatic rings. The maximum absolute atomic E-state index is 11.9. The van der Waals surface area contributed by atoms with Gasteiger partial charge < -0.3 is 16.0 Å². The second-order valence-corrected chi connectivity index (χ2v) is 4.86. The second-order valence-electron chi connectivity index (χ2n) is 4.86. The lowest BCUT2D eigenvalue weighted by atomic mass is 10.2. The van der Waals surface area contributed by atoms with Crippen molar-refractivity contribution in [1.82, 2.24) is 10.6 Å². The Labute approximate surface area is 126 Å².